The lowest BCUT2D eigenvalue weighted by Crippen LogP contribution is -2.24. The maximum Gasteiger partial charge on any atom is 0.255 e. The quantitative estimate of drug-likeness (QED) is 0.466. The largest absolute Gasteiger partial charge is 0.468 e. The Hall–Kier alpha value is -2.77. The van der Waals surface area contributed by atoms with E-state index in [9.17, 15) is 26.0 Å². The minimum Gasteiger partial charge on any atom is -0.468 e. The summed E-state index contributed by atoms with van der Waals surface area (Å²) in [6.45, 7) is -0.137. The molecule has 0 radical (unpaired) electrons. The number of anilines is 1. The Morgan fingerprint density at radius 1 is 1.10 bits per heavy atom. The molecule has 0 bridgehead atoms. The minimum absolute atomic E-state index is 0.121. The Kier molecular flexibility index (Phi) is 6.48. The van der Waals surface area contributed by atoms with E-state index in [0.29, 0.717) is 11.8 Å². The standard InChI is InChI=1S/C18H15ClFN3O6S2/c19-16-4-3-11(6-17(16)31(27,28)22-10-14-2-1-5-29-14)18(24)23-13-7-12(20)8-15(9-13)30(21,25)26/h1-9,22H,10H2,(H,23,24)(H2,21,25,26). The van der Waals surface area contributed by atoms with Crippen LogP contribution in [0.1, 0.15) is 16.1 Å². The number of halogens is 2. The average Bonchev–Trinajstić information content (AvgIpc) is 3.19. The zero-order chi connectivity index (χ0) is 22.8. The van der Waals surface area contributed by atoms with Crippen LogP contribution in [0.15, 0.2) is 69.0 Å². The van der Waals surface area contributed by atoms with Gasteiger partial charge in [-0.1, -0.05) is 11.6 Å². The smallest absolute Gasteiger partial charge is 0.255 e. The Bertz CT molecular complexity index is 1340. The highest BCUT2D eigenvalue weighted by Crippen LogP contribution is 2.24. The molecule has 0 unspecified atom stereocenters. The number of benzene rings is 2. The first-order chi connectivity index (χ1) is 14.5. The molecule has 1 heterocycles. The van der Waals surface area contributed by atoms with Gasteiger partial charge in [0.15, 0.2) is 0 Å². The van der Waals surface area contributed by atoms with Gasteiger partial charge in [0.2, 0.25) is 20.0 Å². The Morgan fingerprint density at radius 3 is 2.48 bits per heavy atom. The fourth-order valence-corrected chi connectivity index (χ4v) is 4.60. The predicted molar refractivity (Wildman–Crippen MR) is 110 cm³/mol. The Morgan fingerprint density at radius 2 is 1.84 bits per heavy atom. The molecule has 3 aromatic rings. The van der Waals surface area contributed by atoms with E-state index in [1.54, 1.807) is 12.1 Å². The zero-order valence-corrected chi connectivity index (χ0v) is 17.9. The fourth-order valence-electron chi connectivity index (χ4n) is 2.51. The van der Waals surface area contributed by atoms with Gasteiger partial charge >= 0.3 is 0 Å². The number of sulfonamides is 2. The second-order valence-corrected chi connectivity index (χ2v) is 9.93. The molecular formula is C18H15ClFN3O6S2. The first-order valence-corrected chi connectivity index (χ1v) is 11.8. The van der Waals surface area contributed by atoms with Gasteiger partial charge < -0.3 is 9.73 Å². The van der Waals surface area contributed by atoms with Crippen molar-refractivity contribution in [2.45, 2.75) is 16.3 Å². The topological polar surface area (TPSA) is 149 Å². The van der Waals surface area contributed by atoms with E-state index in [-0.39, 0.29) is 27.7 Å². The van der Waals surface area contributed by atoms with Crippen LogP contribution in [0.25, 0.3) is 0 Å². The van der Waals surface area contributed by atoms with E-state index in [4.69, 9.17) is 21.2 Å². The van der Waals surface area contributed by atoms with Crippen LogP contribution < -0.4 is 15.2 Å². The van der Waals surface area contributed by atoms with Gasteiger partial charge in [0.1, 0.15) is 16.5 Å². The second kappa shape index (κ2) is 8.77. The molecule has 0 aliphatic rings. The van der Waals surface area contributed by atoms with Crippen molar-refractivity contribution >= 4 is 43.2 Å². The summed E-state index contributed by atoms with van der Waals surface area (Å²) < 4.78 is 69.1. The molecule has 164 valence electrons. The summed E-state index contributed by atoms with van der Waals surface area (Å²) in [6.07, 6.45) is 1.38. The molecule has 0 aliphatic heterocycles. The summed E-state index contributed by atoms with van der Waals surface area (Å²) in [6, 6.07) is 9.20. The molecule has 3 rings (SSSR count). The van der Waals surface area contributed by atoms with Crippen LogP contribution in [-0.2, 0) is 26.6 Å². The molecule has 1 aromatic heterocycles. The highest BCUT2D eigenvalue weighted by atomic mass is 35.5. The van der Waals surface area contributed by atoms with E-state index in [2.05, 4.69) is 10.0 Å². The van der Waals surface area contributed by atoms with Crippen molar-refractivity contribution < 1.29 is 30.4 Å². The van der Waals surface area contributed by atoms with Crippen LogP contribution in [0.5, 0.6) is 0 Å². The van der Waals surface area contributed by atoms with Crippen molar-refractivity contribution in [3.05, 3.63) is 77.0 Å². The molecular weight excluding hydrogens is 473 g/mol. The molecule has 4 N–H and O–H groups in total. The van der Waals surface area contributed by atoms with Gasteiger partial charge in [0.05, 0.1) is 22.7 Å². The van der Waals surface area contributed by atoms with Crippen LogP contribution in [-0.4, -0.2) is 22.7 Å². The number of amides is 1. The van der Waals surface area contributed by atoms with Gasteiger partial charge in [-0.2, -0.15) is 0 Å². The minimum atomic E-state index is -4.21. The highest BCUT2D eigenvalue weighted by molar-refractivity contribution is 7.89. The number of hydrogen-bond donors (Lipinski definition) is 3. The van der Waals surface area contributed by atoms with Crippen LogP contribution in [0.4, 0.5) is 10.1 Å². The predicted octanol–water partition coefficient (Wildman–Crippen LogP) is 2.45. The van der Waals surface area contributed by atoms with E-state index in [1.165, 1.54) is 18.4 Å². The average molecular weight is 488 g/mol. The molecule has 9 nitrogen and oxygen atoms in total. The van der Waals surface area contributed by atoms with E-state index in [1.807, 2.05) is 0 Å². The number of carbonyl (C=O) groups excluding carboxylic acids is 1. The van der Waals surface area contributed by atoms with Crippen molar-refractivity contribution in [2.24, 2.45) is 5.14 Å². The molecule has 13 heteroatoms. The SMILES string of the molecule is NS(=O)(=O)c1cc(F)cc(NC(=O)c2ccc(Cl)c(S(=O)(=O)NCc3ccco3)c2)c1. The van der Waals surface area contributed by atoms with Gasteiger partial charge in [-0.15, -0.1) is 0 Å². The molecule has 0 fully saturated rings. The normalized spacial score (nSPS) is 12.0. The van der Waals surface area contributed by atoms with Gasteiger partial charge in [-0.25, -0.2) is 31.1 Å². The third-order valence-corrected chi connectivity index (χ3v) is 6.73. The van der Waals surface area contributed by atoms with Gasteiger partial charge in [0.25, 0.3) is 5.91 Å². The Balaban J connectivity index is 1.86. The van der Waals surface area contributed by atoms with Gasteiger partial charge in [-0.05, 0) is 48.5 Å². The number of nitrogens with one attached hydrogen (secondary N) is 2. The van der Waals surface area contributed by atoms with Gasteiger partial charge in [-0.3, -0.25) is 4.79 Å². The number of rotatable bonds is 7. The highest BCUT2D eigenvalue weighted by Gasteiger charge is 2.21. The van der Waals surface area contributed by atoms with Crippen molar-refractivity contribution in [3.8, 4) is 0 Å². The summed E-state index contributed by atoms with van der Waals surface area (Å²) in [5.74, 6) is -1.40. The van der Waals surface area contributed by atoms with Crippen molar-refractivity contribution in [2.75, 3.05) is 5.32 Å². The van der Waals surface area contributed by atoms with E-state index in [0.717, 1.165) is 18.2 Å². The van der Waals surface area contributed by atoms with E-state index < -0.39 is 36.7 Å². The molecule has 31 heavy (non-hydrogen) atoms. The first kappa shape index (κ1) is 22.9. The number of furan rings is 1. The molecule has 0 atom stereocenters. The number of carbonyl (C=O) groups is 1. The van der Waals surface area contributed by atoms with E-state index >= 15 is 0 Å². The molecule has 0 aliphatic carbocycles. The summed E-state index contributed by atoms with van der Waals surface area (Å²) in [4.78, 5) is 11.6. The zero-order valence-electron chi connectivity index (χ0n) is 15.5. The maximum absolute atomic E-state index is 13.7. The Labute approximate surface area is 182 Å². The summed E-state index contributed by atoms with van der Waals surface area (Å²) in [5.41, 5.74) is -0.312. The number of hydrogen-bond acceptors (Lipinski definition) is 6. The summed E-state index contributed by atoms with van der Waals surface area (Å²) in [5, 5.41) is 7.14. The third-order valence-electron chi connectivity index (χ3n) is 3.96. The van der Waals surface area contributed by atoms with Crippen molar-refractivity contribution in [3.63, 3.8) is 0 Å². The maximum atomic E-state index is 13.7. The van der Waals surface area contributed by atoms with Crippen LogP contribution >= 0.6 is 11.6 Å². The van der Waals surface area contributed by atoms with Crippen molar-refractivity contribution in [1.82, 2.24) is 4.72 Å². The molecule has 0 spiro atoms. The number of nitrogens with two attached hydrogens (primary N) is 1. The molecule has 0 saturated heterocycles. The summed E-state index contributed by atoms with van der Waals surface area (Å²) >= 11 is 5.99. The third kappa shape index (κ3) is 5.68. The monoisotopic (exact) mass is 487 g/mol. The molecule has 1 amide bonds. The fraction of sp³-hybridized carbons (Fsp3) is 0.0556. The lowest BCUT2D eigenvalue weighted by Gasteiger charge is -2.11. The van der Waals surface area contributed by atoms with Crippen LogP contribution in [0.3, 0.4) is 0 Å². The molecule has 0 saturated carbocycles. The number of primary sulfonamides is 1. The molecule has 2 aromatic carbocycles. The lowest BCUT2D eigenvalue weighted by molar-refractivity contribution is 0.102. The van der Waals surface area contributed by atoms with Crippen LogP contribution in [0.2, 0.25) is 5.02 Å². The first-order valence-electron chi connectivity index (χ1n) is 8.42. The lowest BCUT2D eigenvalue weighted by atomic mass is 10.2. The van der Waals surface area contributed by atoms with Crippen molar-refractivity contribution in [1.29, 1.82) is 0 Å². The summed E-state index contributed by atoms with van der Waals surface area (Å²) in [7, 11) is -8.32. The van der Waals surface area contributed by atoms with Gasteiger partial charge in [0, 0.05) is 11.3 Å². The second-order valence-electron chi connectivity index (χ2n) is 6.22. The van der Waals surface area contributed by atoms with Crippen LogP contribution in [0, 0.1) is 5.82 Å².